The second kappa shape index (κ2) is 11.8. The lowest BCUT2D eigenvalue weighted by molar-refractivity contribution is -0.141. The maximum absolute atomic E-state index is 14.2. The SMILES string of the molecule is CC[C@@H](C(=O)NC)N(Cc1ccccc1C)C(=O)CCCN(c1ccccc1F)S(C)(=O)=O. The average Bonchev–Trinajstić information content (AvgIpc) is 2.77. The molecule has 0 saturated carbocycles. The number of halogens is 1. The van der Waals surface area contributed by atoms with Gasteiger partial charge < -0.3 is 10.2 Å². The van der Waals surface area contributed by atoms with Gasteiger partial charge >= 0.3 is 0 Å². The van der Waals surface area contributed by atoms with Crippen LogP contribution < -0.4 is 9.62 Å². The third kappa shape index (κ3) is 7.02. The monoisotopic (exact) mass is 477 g/mol. The molecule has 180 valence electrons. The van der Waals surface area contributed by atoms with Crippen LogP contribution in [-0.4, -0.2) is 51.0 Å². The fourth-order valence-electron chi connectivity index (χ4n) is 3.69. The first-order valence-electron chi connectivity index (χ1n) is 10.9. The Bertz CT molecular complexity index is 1070. The van der Waals surface area contributed by atoms with Gasteiger partial charge in [-0.25, -0.2) is 12.8 Å². The Balaban J connectivity index is 2.21. The van der Waals surface area contributed by atoms with Crippen molar-refractivity contribution in [2.75, 3.05) is 24.2 Å². The van der Waals surface area contributed by atoms with Crippen molar-refractivity contribution in [2.45, 2.75) is 45.7 Å². The van der Waals surface area contributed by atoms with Crippen LogP contribution in [0.4, 0.5) is 10.1 Å². The summed E-state index contributed by atoms with van der Waals surface area (Å²) in [5.74, 6) is -1.18. The molecule has 0 heterocycles. The van der Waals surface area contributed by atoms with Crippen molar-refractivity contribution in [3.05, 3.63) is 65.5 Å². The van der Waals surface area contributed by atoms with Crippen molar-refractivity contribution in [3.63, 3.8) is 0 Å². The van der Waals surface area contributed by atoms with Gasteiger partial charge in [0.25, 0.3) is 0 Å². The molecule has 9 heteroatoms. The van der Waals surface area contributed by atoms with Gasteiger partial charge in [0, 0.05) is 26.6 Å². The molecule has 0 aromatic heterocycles. The van der Waals surface area contributed by atoms with E-state index in [1.807, 2.05) is 38.1 Å². The van der Waals surface area contributed by atoms with Gasteiger partial charge in [0.1, 0.15) is 11.9 Å². The van der Waals surface area contributed by atoms with E-state index in [-0.39, 0.29) is 43.4 Å². The molecule has 0 spiro atoms. The fraction of sp³-hybridized carbons (Fsp3) is 0.417. The number of benzene rings is 2. The van der Waals surface area contributed by atoms with Crippen LogP contribution in [0.5, 0.6) is 0 Å². The first-order chi connectivity index (χ1) is 15.6. The molecule has 0 radical (unpaired) electrons. The predicted molar refractivity (Wildman–Crippen MR) is 128 cm³/mol. The van der Waals surface area contributed by atoms with Gasteiger partial charge in [-0.1, -0.05) is 43.3 Å². The topological polar surface area (TPSA) is 86.8 Å². The molecular weight excluding hydrogens is 445 g/mol. The lowest BCUT2D eigenvalue weighted by Gasteiger charge is -2.31. The van der Waals surface area contributed by atoms with Gasteiger partial charge in [0.15, 0.2) is 0 Å². The van der Waals surface area contributed by atoms with Gasteiger partial charge in [-0.2, -0.15) is 0 Å². The van der Waals surface area contributed by atoms with Gasteiger partial charge in [0.2, 0.25) is 21.8 Å². The van der Waals surface area contributed by atoms with Crippen molar-refractivity contribution >= 4 is 27.5 Å². The van der Waals surface area contributed by atoms with Crippen LogP contribution in [0, 0.1) is 12.7 Å². The highest BCUT2D eigenvalue weighted by Gasteiger charge is 2.28. The van der Waals surface area contributed by atoms with E-state index in [0.29, 0.717) is 6.42 Å². The maximum atomic E-state index is 14.2. The van der Waals surface area contributed by atoms with E-state index < -0.39 is 21.9 Å². The summed E-state index contributed by atoms with van der Waals surface area (Å²) in [5, 5.41) is 2.61. The summed E-state index contributed by atoms with van der Waals surface area (Å²) in [5.41, 5.74) is 1.88. The highest BCUT2D eigenvalue weighted by Crippen LogP contribution is 2.22. The molecule has 33 heavy (non-hydrogen) atoms. The van der Waals surface area contributed by atoms with Crippen LogP contribution in [0.3, 0.4) is 0 Å². The number of nitrogens with one attached hydrogen (secondary N) is 1. The number of nitrogens with zero attached hydrogens (tertiary/aromatic N) is 2. The Morgan fingerprint density at radius 2 is 1.73 bits per heavy atom. The highest BCUT2D eigenvalue weighted by atomic mass is 32.2. The van der Waals surface area contributed by atoms with Gasteiger partial charge in [-0.15, -0.1) is 0 Å². The first-order valence-corrected chi connectivity index (χ1v) is 12.7. The number of anilines is 1. The van der Waals surface area contributed by atoms with E-state index in [2.05, 4.69) is 5.32 Å². The summed E-state index contributed by atoms with van der Waals surface area (Å²) >= 11 is 0. The summed E-state index contributed by atoms with van der Waals surface area (Å²) in [6.07, 6.45) is 1.63. The standard InChI is InChI=1S/C24H32FN3O4S/c1-5-21(24(30)26-3)27(17-19-12-7-6-11-18(19)2)23(29)15-10-16-28(33(4,31)32)22-14-9-8-13-20(22)25/h6-9,11-14,21H,5,10,15-17H2,1-4H3,(H,26,30)/t21-/m0/s1. The average molecular weight is 478 g/mol. The zero-order valence-electron chi connectivity index (χ0n) is 19.5. The fourth-order valence-corrected chi connectivity index (χ4v) is 4.66. The molecule has 0 fully saturated rings. The number of likely N-dealkylation sites (N-methyl/N-ethyl adjacent to an activating group) is 1. The highest BCUT2D eigenvalue weighted by molar-refractivity contribution is 7.92. The zero-order valence-corrected chi connectivity index (χ0v) is 20.4. The van der Waals surface area contributed by atoms with E-state index in [9.17, 15) is 22.4 Å². The molecular formula is C24H32FN3O4S. The minimum atomic E-state index is -3.75. The Hall–Kier alpha value is -2.94. The Morgan fingerprint density at radius 1 is 1.09 bits per heavy atom. The largest absolute Gasteiger partial charge is 0.357 e. The van der Waals surface area contributed by atoms with Crippen LogP contribution >= 0.6 is 0 Å². The summed E-state index contributed by atoms with van der Waals surface area (Å²) in [6.45, 7) is 3.99. The van der Waals surface area contributed by atoms with Crippen molar-refractivity contribution in [3.8, 4) is 0 Å². The van der Waals surface area contributed by atoms with Gasteiger partial charge in [0.05, 0.1) is 11.9 Å². The van der Waals surface area contributed by atoms with E-state index in [1.54, 1.807) is 6.07 Å². The second-order valence-corrected chi connectivity index (χ2v) is 9.78. The minimum absolute atomic E-state index is 0.0137. The van der Waals surface area contributed by atoms with E-state index in [0.717, 1.165) is 21.7 Å². The predicted octanol–water partition coefficient (Wildman–Crippen LogP) is 3.23. The molecule has 1 atom stereocenters. The molecule has 0 unspecified atom stereocenters. The molecule has 0 aliphatic heterocycles. The number of amides is 2. The maximum Gasteiger partial charge on any atom is 0.242 e. The number of rotatable bonds is 11. The summed E-state index contributed by atoms with van der Waals surface area (Å²) in [4.78, 5) is 27.2. The number of aryl methyl sites for hydroxylation is 1. The smallest absolute Gasteiger partial charge is 0.242 e. The summed E-state index contributed by atoms with van der Waals surface area (Å²) in [6, 6.07) is 12.6. The Labute approximate surface area is 195 Å². The molecule has 0 aliphatic rings. The van der Waals surface area contributed by atoms with Gasteiger partial charge in [-0.3, -0.25) is 13.9 Å². The molecule has 1 N–H and O–H groups in total. The van der Waals surface area contributed by atoms with Gasteiger partial charge in [-0.05, 0) is 43.0 Å². The summed E-state index contributed by atoms with van der Waals surface area (Å²) < 4.78 is 39.7. The third-order valence-corrected chi connectivity index (χ3v) is 6.69. The normalized spacial score (nSPS) is 12.2. The molecule has 0 aliphatic carbocycles. The molecule has 2 rings (SSSR count). The lowest BCUT2D eigenvalue weighted by Crippen LogP contribution is -2.48. The lowest BCUT2D eigenvalue weighted by atomic mass is 10.1. The van der Waals surface area contributed by atoms with Crippen molar-refractivity contribution in [1.82, 2.24) is 10.2 Å². The van der Waals surface area contributed by atoms with Crippen LogP contribution in [0.25, 0.3) is 0 Å². The molecule has 2 aromatic carbocycles. The zero-order chi connectivity index (χ0) is 24.6. The van der Waals surface area contributed by atoms with Crippen molar-refractivity contribution < 1.29 is 22.4 Å². The molecule has 2 aromatic rings. The third-order valence-electron chi connectivity index (χ3n) is 5.51. The second-order valence-electron chi connectivity index (χ2n) is 7.88. The number of para-hydroxylation sites is 1. The quantitative estimate of drug-likeness (QED) is 0.538. The van der Waals surface area contributed by atoms with E-state index in [4.69, 9.17) is 0 Å². The number of sulfonamides is 1. The molecule has 0 bridgehead atoms. The van der Waals surface area contributed by atoms with Crippen molar-refractivity contribution in [2.24, 2.45) is 0 Å². The number of carbonyl (C=O) groups is 2. The van der Waals surface area contributed by atoms with Crippen LogP contribution in [0.1, 0.15) is 37.3 Å². The molecule has 2 amide bonds. The molecule has 7 nitrogen and oxygen atoms in total. The number of carbonyl (C=O) groups excluding carboxylic acids is 2. The Morgan fingerprint density at radius 3 is 2.30 bits per heavy atom. The summed E-state index contributed by atoms with van der Waals surface area (Å²) in [7, 11) is -2.22. The molecule has 0 saturated heterocycles. The number of hydrogen-bond donors (Lipinski definition) is 1. The minimum Gasteiger partial charge on any atom is -0.357 e. The van der Waals surface area contributed by atoms with E-state index in [1.165, 1.54) is 30.1 Å². The Kier molecular flexibility index (Phi) is 9.40. The van der Waals surface area contributed by atoms with Crippen LogP contribution in [0.15, 0.2) is 48.5 Å². The van der Waals surface area contributed by atoms with E-state index >= 15 is 0 Å². The first kappa shape index (κ1) is 26.3. The van der Waals surface area contributed by atoms with Crippen LogP contribution in [0.2, 0.25) is 0 Å². The number of hydrogen-bond acceptors (Lipinski definition) is 4. The van der Waals surface area contributed by atoms with Crippen molar-refractivity contribution in [1.29, 1.82) is 0 Å². The van der Waals surface area contributed by atoms with Crippen LogP contribution in [-0.2, 0) is 26.2 Å².